The summed E-state index contributed by atoms with van der Waals surface area (Å²) in [6, 6.07) is 3.58. The molecule has 2 rings (SSSR count). The number of esters is 1. The third-order valence-corrected chi connectivity index (χ3v) is 3.93. The Morgan fingerprint density at radius 2 is 1.61 bits per heavy atom. The number of carbonyl (C=O) groups is 1. The lowest BCUT2D eigenvalue weighted by Crippen LogP contribution is -2.03. The quantitative estimate of drug-likeness (QED) is 0.186. The summed E-state index contributed by atoms with van der Waals surface area (Å²) in [5, 5.41) is 40.9. The van der Waals surface area contributed by atoms with E-state index in [1.807, 2.05) is 26.8 Å². The van der Waals surface area contributed by atoms with E-state index >= 15 is 0 Å². The number of benzene rings is 2. The molecule has 0 aromatic heterocycles. The molecule has 0 aliphatic carbocycles. The first kappa shape index (κ1) is 20.9. The molecule has 0 radical (unpaired) electrons. The molecule has 148 valence electrons. The maximum Gasteiger partial charge on any atom is 0.315 e. The Hall–Kier alpha value is -3.41. The molecule has 6 nitrogen and oxygen atoms in total. The molecule has 0 unspecified atom stereocenters. The smallest absolute Gasteiger partial charge is 0.315 e. The van der Waals surface area contributed by atoms with Gasteiger partial charge >= 0.3 is 5.97 Å². The van der Waals surface area contributed by atoms with E-state index in [1.54, 1.807) is 12.2 Å². The van der Waals surface area contributed by atoms with Gasteiger partial charge in [0.15, 0.2) is 0 Å². The SMILES string of the molecule is CC/C=C/CC(=O)O/C(=C\C=C(C)C)c1cc(O)c2c(O)ccc(O)c2c1O. The van der Waals surface area contributed by atoms with Crippen LogP contribution in [0.1, 0.15) is 39.2 Å². The zero-order valence-electron chi connectivity index (χ0n) is 16.1. The molecular formula is C22H24O6. The molecule has 2 aromatic rings. The fourth-order valence-electron chi connectivity index (χ4n) is 2.61. The average Bonchev–Trinajstić information content (AvgIpc) is 2.63. The van der Waals surface area contributed by atoms with E-state index in [4.69, 9.17) is 4.74 Å². The number of fused-ring (bicyclic) bond motifs is 1. The number of carbonyl (C=O) groups excluding carboxylic acids is 1. The molecule has 28 heavy (non-hydrogen) atoms. The maximum absolute atomic E-state index is 12.2. The second-order valence-electron chi connectivity index (χ2n) is 6.48. The first-order valence-corrected chi connectivity index (χ1v) is 8.87. The van der Waals surface area contributed by atoms with Crippen molar-refractivity contribution in [1.29, 1.82) is 0 Å². The maximum atomic E-state index is 12.2. The predicted octanol–water partition coefficient (Wildman–Crippen LogP) is 4.87. The minimum atomic E-state index is -0.544. The summed E-state index contributed by atoms with van der Waals surface area (Å²) >= 11 is 0. The Morgan fingerprint density at radius 1 is 0.964 bits per heavy atom. The van der Waals surface area contributed by atoms with Crippen molar-refractivity contribution >= 4 is 22.5 Å². The molecule has 0 saturated heterocycles. The zero-order valence-corrected chi connectivity index (χ0v) is 16.1. The molecule has 4 N–H and O–H groups in total. The Balaban J connectivity index is 2.62. The molecule has 0 saturated carbocycles. The van der Waals surface area contributed by atoms with Crippen molar-refractivity contribution in [2.24, 2.45) is 0 Å². The second kappa shape index (κ2) is 8.99. The normalized spacial score (nSPS) is 11.8. The Bertz CT molecular complexity index is 978. The highest BCUT2D eigenvalue weighted by atomic mass is 16.5. The fourth-order valence-corrected chi connectivity index (χ4v) is 2.61. The van der Waals surface area contributed by atoms with Gasteiger partial charge in [0.25, 0.3) is 0 Å². The summed E-state index contributed by atoms with van der Waals surface area (Å²) in [6.07, 6.45) is 7.54. The van der Waals surface area contributed by atoms with E-state index < -0.39 is 11.7 Å². The summed E-state index contributed by atoms with van der Waals surface area (Å²) in [5.74, 6) is -1.97. The van der Waals surface area contributed by atoms with Gasteiger partial charge in [-0.15, -0.1) is 0 Å². The number of allylic oxidation sites excluding steroid dienone is 4. The van der Waals surface area contributed by atoms with Crippen molar-refractivity contribution in [2.75, 3.05) is 0 Å². The van der Waals surface area contributed by atoms with Crippen LogP contribution in [0.3, 0.4) is 0 Å². The number of hydrogen-bond donors (Lipinski definition) is 4. The van der Waals surface area contributed by atoms with E-state index in [0.717, 1.165) is 12.0 Å². The summed E-state index contributed by atoms with van der Waals surface area (Å²) < 4.78 is 5.40. The number of hydrogen-bond acceptors (Lipinski definition) is 6. The number of phenolic OH excluding ortho intramolecular Hbond substituents is 4. The lowest BCUT2D eigenvalue weighted by molar-refractivity contribution is -0.135. The number of ether oxygens (including phenoxy) is 1. The van der Waals surface area contributed by atoms with Gasteiger partial charge in [0, 0.05) is 0 Å². The third-order valence-electron chi connectivity index (χ3n) is 3.93. The topological polar surface area (TPSA) is 107 Å². The third kappa shape index (κ3) is 4.65. The molecule has 0 fully saturated rings. The van der Waals surface area contributed by atoms with Crippen molar-refractivity contribution in [3.8, 4) is 23.0 Å². The van der Waals surface area contributed by atoms with Gasteiger partial charge in [0.1, 0.15) is 28.8 Å². The van der Waals surface area contributed by atoms with Gasteiger partial charge in [-0.2, -0.15) is 0 Å². The summed E-state index contributed by atoms with van der Waals surface area (Å²) in [7, 11) is 0. The lowest BCUT2D eigenvalue weighted by Gasteiger charge is -2.14. The number of aromatic hydroxyl groups is 4. The minimum absolute atomic E-state index is 0.00791. The molecule has 0 atom stereocenters. The molecule has 0 bridgehead atoms. The Morgan fingerprint density at radius 3 is 2.21 bits per heavy atom. The van der Waals surface area contributed by atoms with E-state index in [9.17, 15) is 25.2 Å². The van der Waals surface area contributed by atoms with Gasteiger partial charge < -0.3 is 25.2 Å². The van der Waals surface area contributed by atoms with Crippen LogP contribution >= 0.6 is 0 Å². The van der Waals surface area contributed by atoms with Gasteiger partial charge in [-0.1, -0.05) is 30.7 Å². The van der Waals surface area contributed by atoms with Crippen molar-refractivity contribution < 1.29 is 30.0 Å². The largest absolute Gasteiger partial charge is 0.507 e. The van der Waals surface area contributed by atoms with Crippen LogP contribution in [-0.2, 0) is 9.53 Å². The van der Waals surface area contributed by atoms with Crippen LogP contribution < -0.4 is 0 Å². The van der Waals surface area contributed by atoms with Gasteiger partial charge in [0.05, 0.1) is 22.8 Å². The van der Waals surface area contributed by atoms with Gasteiger partial charge in [-0.25, -0.2) is 0 Å². The summed E-state index contributed by atoms with van der Waals surface area (Å²) in [6.45, 7) is 5.64. The first-order chi connectivity index (χ1) is 13.3. The van der Waals surface area contributed by atoms with Gasteiger partial charge in [0.2, 0.25) is 0 Å². The lowest BCUT2D eigenvalue weighted by atomic mass is 10.0. The van der Waals surface area contributed by atoms with Crippen LogP contribution in [0, 0.1) is 0 Å². The highest BCUT2D eigenvalue weighted by molar-refractivity contribution is 6.04. The van der Waals surface area contributed by atoms with Crippen molar-refractivity contribution in [3.05, 3.63) is 53.6 Å². The average molecular weight is 384 g/mol. The molecule has 0 amide bonds. The molecular weight excluding hydrogens is 360 g/mol. The van der Waals surface area contributed by atoms with Crippen LogP contribution in [0.5, 0.6) is 23.0 Å². The molecule has 0 aliphatic rings. The van der Waals surface area contributed by atoms with Crippen LogP contribution in [-0.4, -0.2) is 26.4 Å². The number of rotatable bonds is 6. The minimum Gasteiger partial charge on any atom is -0.507 e. The first-order valence-electron chi connectivity index (χ1n) is 8.87. The fraction of sp³-hybridized carbons (Fsp3) is 0.227. The van der Waals surface area contributed by atoms with E-state index in [1.165, 1.54) is 24.3 Å². The molecule has 2 aromatic carbocycles. The zero-order chi connectivity index (χ0) is 20.8. The summed E-state index contributed by atoms with van der Waals surface area (Å²) in [5.41, 5.74) is 0.931. The predicted molar refractivity (Wildman–Crippen MR) is 108 cm³/mol. The second-order valence-corrected chi connectivity index (χ2v) is 6.48. The Labute approximate surface area is 163 Å². The Kier molecular flexibility index (Phi) is 6.71. The molecule has 0 spiro atoms. The van der Waals surface area contributed by atoms with Crippen LogP contribution in [0.25, 0.3) is 16.5 Å². The molecule has 0 aliphatic heterocycles. The van der Waals surface area contributed by atoms with Crippen LogP contribution in [0.15, 0.2) is 48.1 Å². The molecule has 6 heteroatoms. The number of phenols is 4. The van der Waals surface area contributed by atoms with Crippen LogP contribution in [0.2, 0.25) is 0 Å². The van der Waals surface area contributed by atoms with Crippen molar-refractivity contribution in [2.45, 2.75) is 33.6 Å². The summed E-state index contributed by atoms with van der Waals surface area (Å²) in [4.78, 5) is 12.2. The highest BCUT2D eigenvalue weighted by Gasteiger charge is 2.21. The monoisotopic (exact) mass is 384 g/mol. The van der Waals surface area contributed by atoms with E-state index in [-0.39, 0.29) is 45.8 Å². The standard InChI is InChI=1S/C22H24O6/c1-4-5-6-7-19(26)28-18(11-8-13(2)3)14-12-17(25)20-15(23)9-10-16(24)21(20)22(14)27/h5-6,8-12,23-25,27H,4,7H2,1-3H3/b6-5+,18-11-. The molecule has 0 heterocycles. The highest BCUT2D eigenvalue weighted by Crippen LogP contribution is 2.46. The van der Waals surface area contributed by atoms with Crippen LogP contribution in [0.4, 0.5) is 0 Å². The van der Waals surface area contributed by atoms with Gasteiger partial charge in [-0.05, 0) is 44.5 Å². The van der Waals surface area contributed by atoms with E-state index in [0.29, 0.717) is 0 Å². The van der Waals surface area contributed by atoms with Crippen molar-refractivity contribution in [1.82, 2.24) is 0 Å². The van der Waals surface area contributed by atoms with Crippen molar-refractivity contribution in [3.63, 3.8) is 0 Å². The van der Waals surface area contributed by atoms with E-state index in [2.05, 4.69) is 0 Å². The van der Waals surface area contributed by atoms with Gasteiger partial charge in [-0.3, -0.25) is 4.79 Å².